The molecule has 0 aliphatic heterocycles. The second-order valence-electron chi connectivity index (χ2n) is 8.54. The Hall–Kier alpha value is -3.99. The third kappa shape index (κ3) is 6.16. The minimum atomic E-state index is -0.468. The van der Waals surface area contributed by atoms with Crippen molar-refractivity contribution in [1.82, 2.24) is 24.6 Å². The van der Waals surface area contributed by atoms with E-state index in [1.54, 1.807) is 28.6 Å². The SMILES string of the molecule is CC(C)Sc1ccc(CC(=O)NCCn2ncc3c(=O)n(Cc4ccc([N+](=O)[O-])cc4)cnc32)cc1. The first-order valence-corrected chi connectivity index (χ1v) is 12.3. The zero-order chi connectivity index (χ0) is 25.7. The quantitative estimate of drug-likeness (QED) is 0.198. The van der Waals surface area contributed by atoms with Gasteiger partial charge in [0.05, 0.1) is 30.6 Å². The van der Waals surface area contributed by atoms with Crippen LogP contribution in [0, 0.1) is 10.1 Å². The molecule has 0 unspecified atom stereocenters. The van der Waals surface area contributed by atoms with Gasteiger partial charge >= 0.3 is 0 Å². The number of rotatable bonds is 10. The number of carbonyl (C=O) groups is 1. The molecule has 1 amide bonds. The Bertz CT molecular complexity index is 1430. The molecule has 2 aromatic carbocycles. The number of non-ortho nitro benzene ring substituents is 1. The van der Waals surface area contributed by atoms with Crippen LogP contribution < -0.4 is 10.9 Å². The molecule has 2 heterocycles. The molecule has 1 N–H and O–H groups in total. The summed E-state index contributed by atoms with van der Waals surface area (Å²) in [6, 6.07) is 14.0. The van der Waals surface area contributed by atoms with E-state index in [1.165, 1.54) is 34.1 Å². The van der Waals surface area contributed by atoms with Gasteiger partial charge in [-0.3, -0.25) is 24.3 Å². The fourth-order valence-electron chi connectivity index (χ4n) is 3.70. The lowest BCUT2D eigenvalue weighted by atomic mass is 10.1. The highest BCUT2D eigenvalue weighted by atomic mass is 32.2. The summed E-state index contributed by atoms with van der Waals surface area (Å²) in [6.07, 6.45) is 3.19. The number of nitro benzene ring substituents is 1. The molecule has 0 bridgehead atoms. The maximum atomic E-state index is 12.9. The second-order valence-corrected chi connectivity index (χ2v) is 10.2. The van der Waals surface area contributed by atoms with Gasteiger partial charge in [-0.25, -0.2) is 9.67 Å². The molecule has 2 aromatic heterocycles. The van der Waals surface area contributed by atoms with Gasteiger partial charge in [-0.2, -0.15) is 5.10 Å². The molecule has 36 heavy (non-hydrogen) atoms. The van der Waals surface area contributed by atoms with Crippen molar-refractivity contribution in [3.05, 3.63) is 92.7 Å². The molecule has 0 spiro atoms. The number of fused-ring (bicyclic) bond motifs is 1. The standard InChI is InChI=1S/C25H26N6O4S/c1-17(2)36-21-9-5-18(6-10-21)13-23(32)26-11-12-30-24-22(14-28-30)25(33)29(16-27-24)15-19-3-7-20(8-4-19)31(34)35/h3-10,14,16-17H,11-13,15H2,1-2H3,(H,26,32). The van der Waals surface area contributed by atoms with Crippen LogP contribution in [0.5, 0.6) is 0 Å². The van der Waals surface area contributed by atoms with Crippen LogP contribution in [0.15, 0.2) is 70.7 Å². The van der Waals surface area contributed by atoms with Crippen molar-refractivity contribution >= 4 is 34.4 Å². The van der Waals surface area contributed by atoms with E-state index in [0.29, 0.717) is 29.4 Å². The van der Waals surface area contributed by atoms with E-state index in [9.17, 15) is 19.7 Å². The highest BCUT2D eigenvalue weighted by molar-refractivity contribution is 7.99. The Morgan fingerprint density at radius 2 is 1.81 bits per heavy atom. The number of nitrogens with zero attached hydrogens (tertiary/aromatic N) is 5. The maximum Gasteiger partial charge on any atom is 0.269 e. The molecule has 0 saturated carbocycles. The molecule has 10 nitrogen and oxygen atoms in total. The van der Waals surface area contributed by atoms with Gasteiger partial charge in [-0.15, -0.1) is 11.8 Å². The van der Waals surface area contributed by atoms with Crippen molar-refractivity contribution in [2.45, 2.75) is 43.5 Å². The van der Waals surface area contributed by atoms with Crippen LogP contribution in [-0.4, -0.2) is 42.0 Å². The fourth-order valence-corrected chi connectivity index (χ4v) is 4.54. The van der Waals surface area contributed by atoms with Crippen LogP contribution in [0.25, 0.3) is 11.0 Å². The summed E-state index contributed by atoms with van der Waals surface area (Å²) in [6.45, 7) is 5.24. The van der Waals surface area contributed by atoms with Gasteiger partial charge in [0.1, 0.15) is 11.7 Å². The minimum absolute atomic E-state index is 0.00770. The summed E-state index contributed by atoms with van der Waals surface area (Å²) >= 11 is 1.78. The van der Waals surface area contributed by atoms with E-state index in [1.807, 2.05) is 24.3 Å². The zero-order valence-electron chi connectivity index (χ0n) is 20.0. The van der Waals surface area contributed by atoms with Crippen molar-refractivity contribution in [3.63, 3.8) is 0 Å². The third-order valence-corrected chi connectivity index (χ3v) is 6.44. The molecule has 186 valence electrons. The summed E-state index contributed by atoms with van der Waals surface area (Å²) in [7, 11) is 0. The lowest BCUT2D eigenvalue weighted by Gasteiger charge is -2.08. The van der Waals surface area contributed by atoms with Gasteiger partial charge in [0, 0.05) is 28.8 Å². The summed E-state index contributed by atoms with van der Waals surface area (Å²) in [5, 5.41) is 18.8. The molecular formula is C25H26N6O4S. The third-order valence-electron chi connectivity index (χ3n) is 5.43. The van der Waals surface area contributed by atoms with Gasteiger partial charge in [0.2, 0.25) is 5.91 Å². The number of aromatic nitrogens is 4. The van der Waals surface area contributed by atoms with Crippen LogP contribution in [0.1, 0.15) is 25.0 Å². The second kappa shape index (κ2) is 11.2. The molecule has 0 aliphatic carbocycles. The van der Waals surface area contributed by atoms with Gasteiger partial charge in [0.25, 0.3) is 11.2 Å². The first-order valence-electron chi connectivity index (χ1n) is 11.5. The molecule has 11 heteroatoms. The van der Waals surface area contributed by atoms with E-state index in [-0.39, 0.29) is 30.1 Å². The van der Waals surface area contributed by atoms with Crippen molar-refractivity contribution < 1.29 is 9.72 Å². The number of nitro groups is 1. The van der Waals surface area contributed by atoms with Crippen LogP contribution in [0.3, 0.4) is 0 Å². The Morgan fingerprint density at radius 3 is 2.47 bits per heavy atom. The number of hydrogen-bond acceptors (Lipinski definition) is 7. The molecular weight excluding hydrogens is 480 g/mol. The molecule has 0 fully saturated rings. The van der Waals surface area contributed by atoms with Crippen molar-refractivity contribution in [3.8, 4) is 0 Å². The number of amides is 1. The highest BCUT2D eigenvalue weighted by Gasteiger charge is 2.12. The zero-order valence-corrected chi connectivity index (χ0v) is 20.8. The Labute approximate surface area is 211 Å². The predicted octanol–water partition coefficient (Wildman–Crippen LogP) is 3.41. The summed E-state index contributed by atoms with van der Waals surface area (Å²) in [4.78, 5) is 41.1. The van der Waals surface area contributed by atoms with Crippen molar-refractivity contribution in [2.75, 3.05) is 6.54 Å². The van der Waals surface area contributed by atoms with Gasteiger partial charge < -0.3 is 5.32 Å². The maximum absolute atomic E-state index is 12.9. The van der Waals surface area contributed by atoms with E-state index in [2.05, 4.69) is 29.2 Å². The van der Waals surface area contributed by atoms with Crippen molar-refractivity contribution in [2.24, 2.45) is 0 Å². The normalized spacial score (nSPS) is 11.2. The number of benzene rings is 2. The van der Waals surface area contributed by atoms with Gasteiger partial charge in [0.15, 0.2) is 5.65 Å². The summed E-state index contributed by atoms with van der Waals surface area (Å²) in [5.41, 5.74) is 1.86. The van der Waals surface area contributed by atoms with Crippen LogP contribution in [-0.2, 0) is 24.3 Å². The number of nitrogens with one attached hydrogen (secondary N) is 1. The Kier molecular flexibility index (Phi) is 7.79. The lowest BCUT2D eigenvalue weighted by Crippen LogP contribution is -2.29. The Morgan fingerprint density at radius 1 is 1.11 bits per heavy atom. The van der Waals surface area contributed by atoms with Gasteiger partial charge in [-0.05, 0) is 23.3 Å². The molecule has 0 aliphatic rings. The summed E-state index contributed by atoms with van der Waals surface area (Å²) in [5.74, 6) is -0.0888. The largest absolute Gasteiger partial charge is 0.354 e. The molecule has 0 saturated heterocycles. The summed E-state index contributed by atoms with van der Waals surface area (Å²) < 4.78 is 3.02. The minimum Gasteiger partial charge on any atom is -0.354 e. The fraction of sp³-hybridized carbons (Fsp3) is 0.280. The first kappa shape index (κ1) is 25.1. The first-order chi connectivity index (χ1) is 17.3. The number of thioether (sulfide) groups is 1. The van der Waals surface area contributed by atoms with Gasteiger partial charge in [-0.1, -0.05) is 38.1 Å². The van der Waals surface area contributed by atoms with E-state index in [0.717, 1.165) is 11.1 Å². The smallest absolute Gasteiger partial charge is 0.269 e. The van der Waals surface area contributed by atoms with E-state index < -0.39 is 4.92 Å². The molecule has 0 atom stereocenters. The average Bonchev–Trinajstić information content (AvgIpc) is 3.26. The number of carbonyl (C=O) groups excluding carboxylic acids is 1. The lowest BCUT2D eigenvalue weighted by molar-refractivity contribution is -0.384. The highest BCUT2D eigenvalue weighted by Crippen LogP contribution is 2.23. The van der Waals surface area contributed by atoms with E-state index in [4.69, 9.17) is 0 Å². The average molecular weight is 507 g/mol. The van der Waals surface area contributed by atoms with Crippen LogP contribution >= 0.6 is 11.8 Å². The van der Waals surface area contributed by atoms with Crippen LogP contribution in [0.2, 0.25) is 0 Å². The molecule has 0 radical (unpaired) electrons. The Balaban J connectivity index is 1.34. The topological polar surface area (TPSA) is 125 Å². The molecule has 4 rings (SSSR count). The predicted molar refractivity (Wildman–Crippen MR) is 138 cm³/mol. The van der Waals surface area contributed by atoms with Crippen LogP contribution in [0.4, 0.5) is 5.69 Å². The van der Waals surface area contributed by atoms with Crippen molar-refractivity contribution in [1.29, 1.82) is 0 Å². The molecule has 4 aromatic rings. The van der Waals surface area contributed by atoms with E-state index >= 15 is 0 Å². The monoisotopic (exact) mass is 506 g/mol. The number of hydrogen-bond donors (Lipinski definition) is 1.